The number of carboxylic acids is 1. The van der Waals surface area contributed by atoms with Crippen molar-refractivity contribution < 1.29 is 14.7 Å². The Morgan fingerprint density at radius 1 is 1.23 bits per heavy atom. The normalized spacial score (nSPS) is 16.5. The van der Waals surface area contributed by atoms with E-state index in [4.69, 9.17) is 5.11 Å². The minimum atomic E-state index is -0.978. The fourth-order valence-corrected chi connectivity index (χ4v) is 3.39. The lowest BCUT2D eigenvalue weighted by Crippen LogP contribution is -2.48. The molecule has 1 aliphatic rings. The average molecular weight is 421 g/mol. The fourth-order valence-electron chi connectivity index (χ4n) is 2.95. The summed E-state index contributed by atoms with van der Waals surface area (Å²) in [6, 6.07) is 9.01. The van der Waals surface area contributed by atoms with E-state index in [1.165, 1.54) is 23.4 Å². The van der Waals surface area contributed by atoms with E-state index < -0.39 is 12.0 Å². The van der Waals surface area contributed by atoms with Crippen LogP contribution in [0.2, 0.25) is 0 Å². The molecule has 1 saturated heterocycles. The molecule has 0 spiro atoms. The summed E-state index contributed by atoms with van der Waals surface area (Å²) in [7, 11) is 0. The van der Waals surface area contributed by atoms with E-state index in [-0.39, 0.29) is 5.91 Å². The molecule has 1 amide bonds. The van der Waals surface area contributed by atoms with Crippen LogP contribution in [0.1, 0.15) is 29.0 Å². The highest BCUT2D eigenvalue weighted by atomic mass is 79.9. The summed E-state index contributed by atoms with van der Waals surface area (Å²) in [6.07, 6.45) is 1.54. The second-order valence-electron chi connectivity index (χ2n) is 6.39. The number of aromatic nitrogens is 2. The lowest BCUT2D eigenvalue weighted by Gasteiger charge is -2.34. The molecule has 2 aromatic rings. The van der Waals surface area contributed by atoms with Gasteiger partial charge in [0.25, 0.3) is 5.91 Å². The number of carboxylic acid groups (broad SMARTS) is 1. The summed E-state index contributed by atoms with van der Waals surface area (Å²) >= 11 is 3.49. The standard InChI is InChI=1S/C18H21BrN4O3/c1-13(18(25)26)23-6-5-16(20-23)17(24)22-9-7-21(8-10-22)12-14-3-2-4-15(19)11-14/h2-6,11,13H,7-10,12H2,1H3,(H,25,26). The largest absolute Gasteiger partial charge is 0.480 e. The van der Waals surface area contributed by atoms with Crippen LogP contribution in [0.5, 0.6) is 0 Å². The predicted molar refractivity (Wildman–Crippen MR) is 99.9 cm³/mol. The zero-order valence-electron chi connectivity index (χ0n) is 14.5. The molecule has 1 atom stereocenters. The Morgan fingerprint density at radius 3 is 2.62 bits per heavy atom. The molecule has 1 unspecified atom stereocenters. The number of aliphatic carboxylic acids is 1. The number of benzene rings is 1. The van der Waals surface area contributed by atoms with Gasteiger partial charge in [-0.25, -0.2) is 4.79 Å². The molecule has 1 aromatic carbocycles. The van der Waals surface area contributed by atoms with Gasteiger partial charge in [0.05, 0.1) is 0 Å². The number of nitrogens with zero attached hydrogens (tertiary/aromatic N) is 4. The number of carbonyl (C=O) groups is 2. The number of amides is 1. The molecule has 1 fully saturated rings. The molecule has 0 saturated carbocycles. The van der Waals surface area contributed by atoms with Crippen molar-refractivity contribution in [1.29, 1.82) is 0 Å². The first-order chi connectivity index (χ1) is 12.4. The number of hydrogen-bond donors (Lipinski definition) is 1. The number of rotatable bonds is 5. The summed E-state index contributed by atoms with van der Waals surface area (Å²) in [5.41, 5.74) is 1.53. The third-order valence-electron chi connectivity index (χ3n) is 4.54. The lowest BCUT2D eigenvalue weighted by atomic mass is 10.2. The van der Waals surface area contributed by atoms with E-state index in [0.29, 0.717) is 18.8 Å². The maximum Gasteiger partial charge on any atom is 0.328 e. The molecule has 2 heterocycles. The van der Waals surface area contributed by atoms with Gasteiger partial charge in [-0.15, -0.1) is 0 Å². The van der Waals surface area contributed by atoms with Gasteiger partial charge >= 0.3 is 5.97 Å². The van der Waals surface area contributed by atoms with E-state index in [2.05, 4.69) is 38.1 Å². The van der Waals surface area contributed by atoms with E-state index >= 15 is 0 Å². The van der Waals surface area contributed by atoms with Crippen LogP contribution in [0.25, 0.3) is 0 Å². The molecular weight excluding hydrogens is 400 g/mol. The summed E-state index contributed by atoms with van der Waals surface area (Å²) in [5, 5.41) is 13.2. The summed E-state index contributed by atoms with van der Waals surface area (Å²) in [5.74, 6) is -1.13. The molecule has 0 aliphatic carbocycles. The summed E-state index contributed by atoms with van der Waals surface area (Å²) < 4.78 is 2.37. The Balaban J connectivity index is 1.56. The van der Waals surface area contributed by atoms with Crippen molar-refractivity contribution in [3.63, 3.8) is 0 Å². The number of piperazine rings is 1. The van der Waals surface area contributed by atoms with Crippen molar-refractivity contribution in [2.45, 2.75) is 19.5 Å². The Hall–Kier alpha value is -2.19. The van der Waals surface area contributed by atoms with Gasteiger partial charge in [0, 0.05) is 43.4 Å². The maximum absolute atomic E-state index is 12.6. The third-order valence-corrected chi connectivity index (χ3v) is 5.03. The van der Waals surface area contributed by atoms with Gasteiger partial charge in [-0.05, 0) is 30.7 Å². The number of carbonyl (C=O) groups excluding carboxylic acids is 1. The Morgan fingerprint density at radius 2 is 1.96 bits per heavy atom. The van der Waals surface area contributed by atoms with Crippen molar-refractivity contribution in [2.24, 2.45) is 0 Å². The summed E-state index contributed by atoms with van der Waals surface area (Å²) in [4.78, 5) is 27.7. The fraction of sp³-hybridized carbons (Fsp3) is 0.389. The second-order valence-corrected chi connectivity index (χ2v) is 7.31. The zero-order chi connectivity index (χ0) is 18.7. The first-order valence-electron chi connectivity index (χ1n) is 8.48. The van der Waals surface area contributed by atoms with Gasteiger partial charge in [0.1, 0.15) is 11.7 Å². The molecule has 1 aliphatic heterocycles. The Bertz CT molecular complexity index is 799. The molecule has 1 N–H and O–H groups in total. The van der Waals surface area contributed by atoms with E-state index in [1.54, 1.807) is 11.0 Å². The van der Waals surface area contributed by atoms with Gasteiger partial charge in [-0.2, -0.15) is 5.10 Å². The average Bonchev–Trinajstić information content (AvgIpc) is 3.11. The highest BCUT2D eigenvalue weighted by Crippen LogP contribution is 2.15. The first-order valence-corrected chi connectivity index (χ1v) is 9.27. The lowest BCUT2D eigenvalue weighted by molar-refractivity contribution is -0.140. The van der Waals surface area contributed by atoms with Crippen LogP contribution in [0, 0.1) is 0 Å². The van der Waals surface area contributed by atoms with E-state index in [0.717, 1.165) is 24.1 Å². The predicted octanol–water partition coefficient (Wildman–Crippen LogP) is 2.25. The monoisotopic (exact) mass is 420 g/mol. The quantitative estimate of drug-likeness (QED) is 0.802. The topological polar surface area (TPSA) is 78.7 Å². The molecule has 3 rings (SSSR count). The molecule has 0 bridgehead atoms. The second kappa shape index (κ2) is 8.01. The van der Waals surface area contributed by atoms with Gasteiger partial charge in [-0.1, -0.05) is 28.1 Å². The summed E-state index contributed by atoms with van der Waals surface area (Å²) in [6.45, 7) is 5.24. The van der Waals surface area contributed by atoms with Crippen LogP contribution in [0.3, 0.4) is 0 Å². The third kappa shape index (κ3) is 4.31. The Kier molecular flexibility index (Phi) is 5.73. The van der Waals surface area contributed by atoms with Crippen LogP contribution >= 0.6 is 15.9 Å². The van der Waals surface area contributed by atoms with Crippen molar-refractivity contribution in [3.05, 3.63) is 52.3 Å². The molecule has 8 heteroatoms. The highest BCUT2D eigenvalue weighted by Gasteiger charge is 2.24. The molecule has 1 aromatic heterocycles. The van der Waals surface area contributed by atoms with Gasteiger partial charge < -0.3 is 10.0 Å². The van der Waals surface area contributed by atoms with Crippen molar-refractivity contribution in [3.8, 4) is 0 Å². The van der Waals surface area contributed by atoms with Crippen LogP contribution in [-0.4, -0.2) is 62.7 Å². The maximum atomic E-state index is 12.6. The van der Waals surface area contributed by atoms with Crippen LogP contribution in [0.15, 0.2) is 41.0 Å². The first kappa shape index (κ1) is 18.6. The number of halogens is 1. The zero-order valence-corrected chi connectivity index (χ0v) is 16.1. The van der Waals surface area contributed by atoms with Crippen LogP contribution in [0.4, 0.5) is 0 Å². The van der Waals surface area contributed by atoms with Crippen molar-refractivity contribution in [1.82, 2.24) is 19.6 Å². The molecule has 138 valence electrons. The SMILES string of the molecule is CC(C(=O)O)n1ccc(C(=O)N2CCN(Cc3cccc(Br)c3)CC2)n1. The molecule has 7 nitrogen and oxygen atoms in total. The smallest absolute Gasteiger partial charge is 0.328 e. The molecule has 26 heavy (non-hydrogen) atoms. The van der Waals surface area contributed by atoms with Gasteiger partial charge in [0.15, 0.2) is 0 Å². The molecular formula is C18H21BrN4O3. The van der Waals surface area contributed by atoms with Crippen LogP contribution in [-0.2, 0) is 11.3 Å². The van der Waals surface area contributed by atoms with Gasteiger partial charge in [-0.3, -0.25) is 14.4 Å². The van der Waals surface area contributed by atoms with Crippen LogP contribution < -0.4 is 0 Å². The minimum absolute atomic E-state index is 0.150. The Labute approximate surface area is 160 Å². The minimum Gasteiger partial charge on any atom is -0.480 e. The van der Waals surface area contributed by atoms with Crippen molar-refractivity contribution >= 4 is 27.8 Å². The van der Waals surface area contributed by atoms with Gasteiger partial charge in [0.2, 0.25) is 0 Å². The molecule has 0 radical (unpaired) electrons. The number of hydrogen-bond acceptors (Lipinski definition) is 4. The highest BCUT2D eigenvalue weighted by molar-refractivity contribution is 9.10. The van der Waals surface area contributed by atoms with E-state index in [1.807, 2.05) is 12.1 Å². The van der Waals surface area contributed by atoms with Crippen molar-refractivity contribution in [2.75, 3.05) is 26.2 Å². The van der Waals surface area contributed by atoms with E-state index in [9.17, 15) is 9.59 Å².